The number of thioether (sulfide) groups is 1. The summed E-state index contributed by atoms with van der Waals surface area (Å²) in [6.07, 6.45) is 4.53. The van der Waals surface area contributed by atoms with Crippen LogP contribution in [0.2, 0.25) is 0 Å². The Kier molecular flexibility index (Phi) is 6.17. The van der Waals surface area contributed by atoms with E-state index in [-0.39, 0.29) is 0 Å². The van der Waals surface area contributed by atoms with Crippen molar-refractivity contribution in [1.82, 2.24) is 5.32 Å². The first-order chi connectivity index (χ1) is 6.77. The Labute approximate surface area is 103 Å². The number of nitrogens with one attached hydrogen (secondary N) is 1. The normalized spacial score (nSPS) is 13.1. The summed E-state index contributed by atoms with van der Waals surface area (Å²) in [5.41, 5.74) is 0. The van der Waals surface area contributed by atoms with Crippen LogP contribution in [-0.2, 0) is 6.42 Å². The third kappa shape index (κ3) is 3.93. The summed E-state index contributed by atoms with van der Waals surface area (Å²) in [7, 11) is 2.05. The van der Waals surface area contributed by atoms with Crippen LogP contribution in [0.3, 0.4) is 0 Å². The molecule has 0 fully saturated rings. The van der Waals surface area contributed by atoms with Gasteiger partial charge in [-0.25, -0.2) is 0 Å². The number of thiophene rings is 1. The van der Waals surface area contributed by atoms with Gasteiger partial charge in [-0.05, 0) is 59.3 Å². The predicted octanol–water partition coefficient (Wildman–Crippen LogP) is 3.39. The van der Waals surface area contributed by atoms with E-state index in [1.54, 1.807) is 0 Å². The van der Waals surface area contributed by atoms with Crippen molar-refractivity contribution in [3.05, 3.63) is 20.8 Å². The first kappa shape index (κ1) is 12.6. The molecule has 0 radical (unpaired) electrons. The highest BCUT2D eigenvalue weighted by molar-refractivity contribution is 9.10. The zero-order valence-electron chi connectivity index (χ0n) is 8.55. The fourth-order valence-corrected chi connectivity index (χ4v) is 3.42. The average molecular weight is 294 g/mol. The van der Waals surface area contributed by atoms with Crippen LogP contribution in [0.4, 0.5) is 0 Å². The molecule has 0 aliphatic rings. The fourth-order valence-electron chi connectivity index (χ4n) is 1.30. The van der Waals surface area contributed by atoms with Crippen LogP contribution in [-0.4, -0.2) is 25.1 Å². The zero-order valence-corrected chi connectivity index (χ0v) is 11.8. The minimum atomic E-state index is 0.609. The highest BCUT2D eigenvalue weighted by Gasteiger charge is 2.09. The first-order valence-corrected chi connectivity index (χ1v) is 7.72. The van der Waals surface area contributed by atoms with E-state index in [0.29, 0.717) is 6.04 Å². The van der Waals surface area contributed by atoms with E-state index < -0.39 is 0 Å². The first-order valence-electron chi connectivity index (χ1n) is 4.66. The number of hydrogen-bond acceptors (Lipinski definition) is 3. The second kappa shape index (κ2) is 6.88. The third-order valence-electron chi connectivity index (χ3n) is 2.20. The van der Waals surface area contributed by atoms with Crippen molar-refractivity contribution in [2.75, 3.05) is 19.1 Å². The van der Waals surface area contributed by atoms with Crippen LogP contribution in [0.25, 0.3) is 0 Å². The molecule has 1 aromatic heterocycles. The maximum absolute atomic E-state index is 3.57. The second-order valence-corrected chi connectivity index (χ2v) is 6.00. The van der Waals surface area contributed by atoms with Crippen molar-refractivity contribution in [3.63, 3.8) is 0 Å². The number of hydrogen-bond donors (Lipinski definition) is 1. The van der Waals surface area contributed by atoms with Crippen molar-refractivity contribution >= 4 is 39.0 Å². The minimum absolute atomic E-state index is 0.609. The molecule has 80 valence electrons. The largest absolute Gasteiger partial charge is 0.317 e. The van der Waals surface area contributed by atoms with Crippen LogP contribution in [0.15, 0.2) is 15.9 Å². The molecular formula is C10H16BrNS2. The number of likely N-dealkylation sites (N-methyl/N-ethyl adjacent to an activating group) is 1. The molecule has 0 spiro atoms. The van der Waals surface area contributed by atoms with Crippen molar-refractivity contribution in [1.29, 1.82) is 0 Å². The molecule has 0 aromatic carbocycles. The molecule has 1 unspecified atom stereocenters. The van der Waals surface area contributed by atoms with Gasteiger partial charge in [0, 0.05) is 15.4 Å². The molecule has 0 bridgehead atoms. The summed E-state index contributed by atoms with van der Waals surface area (Å²) in [4.78, 5) is 1.45. The van der Waals surface area contributed by atoms with Gasteiger partial charge in [0.1, 0.15) is 0 Å². The molecule has 1 aromatic rings. The Hall–Kier alpha value is 0.490. The maximum Gasteiger partial charge on any atom is 0.0314 e. The molecule has 1 nitrogen and oxygen atoms in total. The molecule has 1 N–H and O–H groups in total. The van der Waals surface area contributed by atoms with E-state index in [4.69, 9.17) is 0 Å². The van der Waals surface area contributed by atoms with Gasteiger partial charge in [0.15, 0.2) is 0 Å². The fraction of sp³-hybridized carbons (Fsp3) is 0.600. The number of halogens is 1. The monoisotopic (exact) mass is 293 g/mol. The van der Waals surface area contributed by atoms with Gasteiger partial charge in [0.05, 0.1) is 0 Å². The van der Waals surface area contributed by atoms with Gasteiger partial charge < -0.3 is 5.32 Å². The van der Waals surface area contributed by atoms with E-state index in [2.05, 4.69) is 38.9 Å². The lowest BCUT2D eigenvalue weighted by Gasteiger charge is -2.14. The summed E-state index contributed by atoms with van der Waals surface area (Å²) in [6.45, 7) is 0. The summed E-state index contributed by atoms with van der Waals surface area (Å²) in [5, 5.41) is 5.51. The highest BCUT2D eigenvalue weighted by Crippen LogP contribution is 2.24. The summed E-state index contributed by atoms with van der Waals surface area (Å²) in [5.74, 6) is 1.23. The van der Waals surface area contributed by atoms with Crippen molar-refractivity contribution in [2.24, 2.45) is 0 Å². The Morgan fingerprint density at radius 2 is 2.43 bits per heavy atom. The zero-order chi connectivity index (χ0) is 10.4. The van der Waals surface area contributed by atoms with E-state index in [1.165, 1.54) is 21.5 Å². The molecule has 0 aliphatic carbocycles. The van der Waals surface area contributed by atoms with Gasteiger partial charge in [0.25, 0.3) is 0 Å². The predicted molar refractivity (Wildman–Crippen MR) is 71.6 cm³/mol. The second-order valence-electron chi connectivity index (χ2n) is 3.16. The minimum Gasteiger partial charge on any atom is -0.317 e. The van der Waals surface area contributed by atoms with Gasteiger partial charge in [-0.2, -0.15) is 11.8 Å². The van der Waals surface area contributed by atoms with Gasteiger partial charge >= 0.3 is 0 Å². The summed E-state index contributed by atoms with van der Waals surface area (Å²) >= 11 is 7.32. The Balaban J connectivity index is 2.44. The molecule has 0 saturated carbocycles. The molecule has 0 saturated heterocycles. The third-order valence-corrected chi connectivity index (χ3v) is 4.79. The smallest absolute Gasteiger partial charge is 0.0314 e. The average Bonchev–Trinajstić information content (AvgIpc) is 2.59. The van der Waals surface area contributed by atoms with Crippen LogP contribution in [0.1, 0.15) is 11.3 Å². The lowest BCUT2D eigenvalue weighted by Crippen LogP contribution is -2.27. The molecule has 1 atom stereocenters. The van der Waals surface area contributed by atoms with Crippen LogP contribution in [0, 0.1) is 0 Å². The Bertz CT molecular complexity index is 262. The summed E-state index contributed by atoms with van der Waals surface area (Å²) in [6, 6.07) is 2.73. The van der Waals surface area contributed by atoms with E-state index >= 15 is 0 Å². The standard InChI is InChI=1S/C10H16BrNS2/c1-12-8(3-5-13-2)7-10-9(11)4-6-14-10/h4,6,8,12H,3,5,7H2,1-2H3. The van der Waals surface area contributed by atoms with Crippen molar-refractivity contribution in [2.45, 2.75) is 18.9 Å². The van der Waals surface area contributed by atoms with Gasteiger partial charge in [-0.3, -0.25) is 0 Å². The van der Waals surface area contributed by atoms with Crippen molar-refractivity contribution < 1.29 is 0 Å². The van der Waals surface area contributed by atoms with Gasteiger partial charge in [0.2, 0.25) is 0 Å². The topological polar surface area (TPSA) is 12.0 Å². The van der Waals surface area contributed by atoms with Crippen molar-refractivity contribution in [3.8, 4) is 0 Å². The lowest BCUT2D eigenvalue weighted by atomic mass is 10.1. The molecule has 14 heavy (non-hydrogen) atoms. The van der Waals surface area contributed by atoms with Gasteiger partial charge in [-0.15, -0.1) is 11.3 Å². The summed E-state index contributed by atoms with van der Waals surface area (Å²) < 4.78 is 1.26. The number of rotatable bonds is 6. The molecule has 0 aliphatic heterocycles. The molecule has 4 heteroatoms. The van der Waals surface area contributed by atoms with Gasteiger partial charge in [-0.1, -0.05) is 0 Å². The SMILES string of the molecule is CNC(CCSC)Cc1sccc1Br. The van der Waals surface area contributed by atoms with Crippen LogP contribution >= 0.6 is 39.0 Å². The molecular weight excluding hydrogens is 278 g/mol. The maximum atomic E-state index is 3.57. The quantitative estimate of drug-likeness (QED) is 0.863. The molecule has 1 heterocycles. The highest BCUT2D eigenvalue weighted by atomic mass is 79.9. The van der Waals surface area contributed by atoms with Crippen LogP contribution in [0.5, 0.6) is 0 Å². The molecule has 0 amide bonds. The molecule has 1 rings (SSSR count). The van der Waals surface area contributed by atoms with E-state index in [1.807, 2.05) is 30.1 Å². The Morgan fingerprint density at radius 1 is 1.64 bits per heavy atom. The van der Waals surface area contributed by atoms with E-state index in [9.17, 15) is 0 Å². The van der Waals surface area contributed by atoms with Crippen LogP contribution < -0.4 is 5.32 Å². The Morgan fingerprint density at radius 3 is 2.93 bits per heavy atom. The lowest BCUT2D eigenvalue weighted by molar-refractivity contribution is 0.550. The van der Waals surface area contributed by atoms with E-state index in [0.717, 1.165) is 6.42 Å².